The number of rotatable bonds is 7. The number of esters is 2. The number of thioether (sulfide) groups is 1. The Hall–Kier alpha value is -3.83. The molecule has 0 bridgehead atoms. The maximum Gasteiger partial charge on any atom is 0.418 e. The van der Waals surface area contributed by atoms with E-state index in [1.165, 1.54) is 37.4 Å². The Kier molecular flexibility index (Phi) is 9.41. The van der Waals surface area contributed by atoms with Crippen LogP contribution in [0.15, 0.2) is 57.5 Å². The number of carbonyl (C=O) groups is 4. The lowest BCUT2D eigenvalue weighted by Crippen LogP contribution is -2.44. The second kappa shape index (κ2) is 12.4. The lowest BCUT2D eigenvalue weighted by molar-refractivity contribution is -0.150. The first kappa shape index (κ1) is 29.7. The molecule has 14 heteroatoms. The van der Waals surface area contributed by atoms with Crippen molar-refractivity contribution < 1.29 is 41.8 Å². The molecule has 2 aromatic carbocycles. The number of hydrogen-bond acceptors (Lipinski definition) is 8. The number of allylic oxidation sites excluding steroid dienone is 1. The Balaban J connectivity index is 1.92. The van der Waals surface area contributed by atoms with Crippen molar-refractivity contribution in [2.75, 3.05) is 25.3 Å². The summed E-state index contributed by atoms with van der Waals surface area (Å²) in [6.07, 6.45) is -4.73. The third-order valence-electron chi connectivity index (χ3n) is 5.58. The van der Waals surface area contributed by atoms with Crippen LogP contribution < -0.4 is 10.6 Å². The van der Waals surface area contributed by atoms with E-state index in [-0.39, 0.29) is 20.6 Å². The largest absolute Gasteiger partial charge is 0.468 e. The molecule has 0 aromatic heterocycles. The fourth-order valence-corrected chi connectivity index (χ4v) is 5.02. The summed E-state index contributed by atoms with van der Waals surface area (Å²) in [6.45, 7) is 0. The van der Waals surface area contributed by atoms with Gasteiger partial charge in [-0.1, -0.05) is 39.8 Å². The highest BCUT2D eigenvalue weighted by Gasteiger charge is 2.44. The number of anilines is 1. The molecule has 39 heavy (non-hydrogen) atoms. The number of amides is 2. The van der Waals surface area contributed by atoms with Crippen molar-refractivity contribution in [3.05, 3.63) is 74.2 Å². The highest BCUT2D eigenvalue weighted by Crippen LogP contribution is 2.41. The van der Waals surface area contributed by atoms with Gasteiger partial charge in [0.05, 0.1) is 53.5 Å². The standard InChI is InChI=1S/C25H19BrF3N3O6S/c1-37-23(35)13-5-3-12(4-6-13)19-15(10-30)22(32-21(34)20(19)24(36)38-2)39-11-18(33)31-17-8-7-14(26)9-16(17)25(27,28)29/h3-9,19-20H,11H2,1-2H3,(H,31,33)(H,32,34)/t19-,20-/m0/s1. The molecule has 0 fully saturated rings. The molecule has 0 saturated heterocycles. The van der Waals surface area contributed by atoms with Gasteiger partial charge < -0.3 is 20.1 Å². The summed E-state index contributed by atoms with van der Waals surface area (Å²) < 4.78 is 49.8. The minimum absolute atomic E-state index is 0.0494. The van der Waals surface area contributed by atoms with Crippen molar-refractivity contribution in [3.63, 3.8) is 0 Å². The molecule has 0 radical (unpaired) electrons. The third kappa shape index (κ3) is 6.79. The Morgan fingerprint density at radius 1 is 1.13 bits per heavy atom. The molecule has 3 rings (SSSR count). The van der Waals surface area contributed by atoms with Crippen molar-refractivity contribution >= 4 is 57.1 Å². The fraction of sp³-hybridized carbons (Fsp3) is 0.240. The first-order valence-electron chi connectivity index (χ1n) is 10.9. The molecule has 1 aliphatic heterocycles. The number of alkyl halides is 3. The molecule has 2 amide bonds. The van der Waals surface area contributed by atoms with Gasteiger partial charge in [0.15, 0.2) is 0 Å². The highest BCUT2D eigenvalue weighted by molar-refractivity contribution is 9.10. The van der Waals surface area contributed by atoms with E-state index in [1.807, 2.05) is 6.07 Å². The van der Waals surface area contributed by atoms with Gasteiger partial charge >= 0.3 is 18.1 Å². The number of halogens is 4. The molecule has 0 aliphatic carbocycles. The average Bonchev–Trinajstić information content (AvgIpc) is 2.91. The highest BCUT2D eigenvalue weighted by atomic mass is 79.9. The van der Waals surface area contributed by atoms with Gasteiger partial charge in [-0.05, 0) is 35.9 Å². The van der Waals surface area contributed by atoms with Crippen LogP contribution in [0.2, 0.25) is 0 Å². The van der Waals surface area contributed by atoms with E-state index < -0.39 is 58.8 Å². The van der Waals surface area contributed by atoms with Gasteiger partial charge in [0, 0.05) is 10.4 Å². The maximum atomic E-state index is 13.4. The second-order valence-corrected chi connectivity index (χ2v) is 9.86. The van der Waals surface area contributed by atoms with Gasteiger partial charge in [0.2, 0.25) is 11.8 Å². The van der Waals surface area contributed by atoms with E-state index in [9.17, 15) is 37.6 Å². The van der Waals surface area contributed by atoms with Gasteiger partial charge in [0.25, 0.3) is 0 Å². The van der Waals surface area contributed by atoms with Gasteiger partial charge in [-0.15, -0.1) is 0 Å². The summed E-state index contributed by atoms with van der Waals surface area (Å²) in [7, 11) is 2.28. The minimum Gasteiger partial charge on any atom is -0.468 e. The third-order valence-corrected chi connectivity index (χ3v) is 7.09. The zero-order chi connectivity index (χ0) is 28.9. The zero-order valence-corrected chi connectivity index (χ0v) is 22.6. The number of carbonyl (C=O) groups excluding carboxylic acids is 4. The number of nitriles is 1. The van der Waals surface area contributed by atoms with Gasteiger partial charge in [-0.25, -0.2) is 4.79 Å². The van der Waals surface area contributed by atoms with Crippen LogP contribution in [0.25, 0.3) is 0 Å². The normalized spacial score (nSPS) is 17.1. The zero-order valence-electron chi connectivity index (χ0n) is 20.2. The Morgan fingerprint density at radius 2 is 1.79 bits per heavy atom. The number of ether oxygens (including phenoxy) is 2. The SMILES string of the molecule is COC(=O)c1ccc([C@H]2C(C#N)=C(SCC(=O)Nc3ccc(Br)cc3C(F)(F)F)NC(=O)[C@H]2C(=O)OC)cc1. The van der Waals surface area contributed by atoms with E-state index in [1.54, 1.807) is 0 Å². The molecule has 204 valence electrons. The Bertz CT molecular complexity index is 1390. The van der Waals surface area contributed by atoms with Crippen molar-refractivity contribution in [3.8, 4) is 6.07 Å². The van der Waals surface area contributed by atoms with Crippen molar-refractivity contribution in [2.45, 2.75) is 12.1 Å². The minimum atomic E-state index is -4.73. The molecule has 1 aliphatic rings. The Labute approximate surface area is 232 Å². The van der Waals surface area contributed by atoms with Crippen LogP contribution in [0, 0.1) is 17.2 Å². The smallest absolute Gasteiger partial charge is 0.418 e. The van der Waals surface area contributed by atoms with Crippen LogP contribution >= 0.6 is 27.7 Å². The van der Waals surface area contributed by atoms with Gasteiger partial charge in [0.1, 0.15) is 5.92 Å². The Morgan fingerprint density at radius 3 is 2.36 bits per heavy atom. The van der Waals surface area contributed by atoms with E-state index in [4.69, 9.17) is 4.74 Å². The number of nitrogens with zero attached hydrogens (tertiary/aromatic N) is 1. The monoisotopic (exact) mass is 625 g/mol. The van der Waals surface area contributed by atoms with E-state index in [2.05, 4.69) is 31.3 Å². The molecule has 0 spiro atoms. The van der Waals surface area contributed by atoms with Crippen LogP contribution in [-0.2, 0) is 30.0 Å². The summed E-state index contributed by atoms with van der Waals surface area (Å²) >= 11 is 3.67. The first-order chi connectivity index (χ1) is 18.4. The topological polar surface area (TPSA) is 135 Å². The quantitative estimate of drug-likeness (QED) is 0.342. The predicted octanol–water partition coefficient (Wildman–Crippen LogP) is 4.36. The molecule has 2 aromatic rings. The van der Waals surface area contributed by atoms with E-state index in [0.717, 1.165) is 19.2 Å². The number of benzene rings is 2. The summed E-state index contributed by atoms with van der Waals surface area (Å²) in [4.78, 5) is 49.8. The molecule has 0 saturated carbocycles. The lowest BCUT2D eigenvalue weighted by atomic mass is 9.78. The van der Waals surface area contributed by atoms with Crippen LogP contribution in [-0.4, -0.2) is 43.7 Å². The average molecular weight is 626 g/mol. The van der Waals surface area contributed by atoms with E-state index >= 15 is 0 Å². The summed E-state index contributed by atoms with van der Waals surface area (Å²) in [5.74, 6) is -6.23. The first-order valence-corrected chi connectivity index (χ1v) is 12.7. The van der Waals surface area contributed by atoms with Crippen LogP contribution in [0.5, 0.6) is 0 Å². The number of nitrogens with one attached hydrogen (secondary N) is 2. The molecule has 2 atom stereocenters. The van der Waals surface area contributed by atoms with Crippen molar-refractivity contribution in [2.24, 2.45) is 5.92 Å². The molecule has 1 heterocycles. The lowest BCUT2D eigenvalue weighted by Gasteiger charge is -2.31. The summed E-state index contributed by atoms with van der Waals surface area (Å²) in [5, 5.41) is 14.5. The molecule has 0 unspecified atom stereocenters. The van der Waals surface area contributed by atoms with Gasteiger partial charge in [-0.3, -0.25) is 14.4 Å². The number of methoxy groups -OCH3 is 2. The second-order valence-electron chi connectivity index (χ2n) is 7.96. The summed E-state index contributed by atoms with van der Waals surface area (Å²) in [5.41, 5.74) is -1.08. The van der Waals surface area contributed by atoms with Crippen LogP contribution in [0.3, 0.4) is 0 Å². The van der Waals surface area contributed by atoms with Crippen LogP contribution in [0.4, 0.5) is 18.9 Å². The molecular weight excluding hydrogens is 607 g/mol. The maximum absolute atomic E-state index is 13.4. The summed E-state index contributed by atoms with van der Waals surface area (Å²) in [6, 6.07) is 10.9. The van der Waals surface area contributed by atoms with Crippen molar-refractivity contribution in [1.29, 1.82) is 5.26 Å². The predicted molar refractivity (Wildman–Crippen MR) is 137 cm³/mol. The molecular formula is C25H19BrF3N3O6S. The van der Waals surface area contributed by atoms with E-state index in [0.29, 0.717) is 17.3 Å². The fourth-order valence-electron chi connectivity index (χ4n) is 3.81. The van der Waals surface area contributed by atoms with Crippen molar-refractivity contribution in [1.82, 2.24) is 5.32 Å². The molecule has 9 nitrogen and oxygen atoms in total. The van der Waals surface area contributed by atoms with Gasteiger partial charge in [-0.2, -0.15) is 18.4 Å². The number of hydrogen-bond donors (Lipinski definition) is 2. The molecule has 2 N–H and O–H groups in total. The van der Waals surface area contributed by atoms with Crippen LogP contribution in [0.1, 0.15) is 27.4 Å².